The minimum Gasteiger partial charge on any atom is -0.481 e. The first kappa shape index (κ1) is 8.08. The zero-order valence-electron chi connectivity index (χ0n) is 6.16. The molecule has 2 nitrogen and oxygen atoms in total. The minimum absolute atomic E-state index is 0.167. The molecule has 1 aromatic heterocycles. The number of hydrogen-bond donors (Lipinski definition) is 1. The molecule has 1 aliphatic rings. The van der Waals surface area contributed by atoms with Crippen LogP contribution in [-0.4, -0.2) is 11.1 Å². The molecule has 0 aliphatic heterocycles. The Hall–Kier alpha value is -0.540. The van der Waals surface area contributed by atoms with Crippen LogP contribution in [0.1, 0.15) is 17.2 Å². The van der Waals surface area contributed by atoms with E-state index < -0.39 is 5.97 Å². The third-order valence-corrected chi connectivity index (χ3v) is 3.43. The maximum Gasteiger partial charge on any atom is 0.307 e. The van der Waals surface area contributed by atoms with Crippen LogP contribution in [0.4, 0.5) is 0 Å². The van der Waals surface area contributed by atoms with E-state index in [-0.39, 0.29) is 11.8 Å². The van der Waals surface area contributed by atoms with Gasteiger partial charge >= 0.3 is 5.97 Å². The van der Waals surface area contributed by atoms with Gasteiger partial charge in [0, 0.05) is 10.8 Å². The van der Waals surface area contributed by atoms with Gasteiger partial charge in [-0.1, -0.05) is 11.6 Å². The van der Waals surface area contributed by atoms with Gasteiger partial charge in [0.15, 0.2) is 0 Å². The Morgan fingerprint density at radius 1 is 1.67 bits per heavy atom. The molecule has 64 valence electrons. The van der Waals surface area contributed by atoms with Crippen LogP contribution in [0, 0.1) is 5.92 Å². The average Bonchev–Trinajstić information content (AvgIpc) is 2.70. The van der Waals surface area contributed by atoms with Crippen LogP contribution in [-0.2, 0) is 4.79 Å². The smallest absolute Gasteiger partial charge is 0.307 e. The van der Waals surface area contributed by atoms with Crippen LogP contribution >= 0.6 is 22.9 Å². The van der Waals surface area contributed by atoms with Gasteiger partial charge in [-0.05, 0) is 18.6 Å². The lowest BCUT2D eigenvalue weighted by atomic mass is 10.3. The standard InChI is InChI=1S/C8H7ClO2S/c9-7-2-1-6(12-7)4-3-5(4)8(10)11/h1-2,4-5H,3H2,(H,10,11). The van der Waals surface area contributed by atoms with E-state index in [0.717, 1.165) is 15.6 Å². The van der Waals surface area contributed by atoms with Gasteiger partial charge in [0.25, 0.3) is 0 Å². The Kier molecular flexibility index (Phi) is 1.85. The molecule has 0 amide bonds. The molecule has 12 heavy (non-hydrogen) atoms. The van der Waals surface area contributed by atoms with Gasteiger partial charge < -0.3 is 5.11 Å². The molecule has 0 aromatic carbocycles. The van der Waals surface area contributed by atoms with E-state index in [0.29, 0.717) is 0 Å². The van der Waals surface area contributed by atoms with Crippen molar-refractivity contribution in [2.45, 2.75) is 12.3 Å². The van der Waals surface area contributed by atoms with E-state index in [4.69, 9.17) is 16.7 Å². The molecule has 2 unspecified atom stereocenters. The lowest BCUT2D eigenvalue weighted by molar-refractivity contribution is -0.138. The summed E-state index contributed by atoms with van der Waals surface area (Å²) in [6, 6.07) is 3.74. The normalized spacial score (nSPS) is 27.1. The number of aliphatic carboxylic acids is 1. The predicted octanol–water partition coefficient (Wildman–Crippen LogP) is 2.59. The van der Waals surface area contributed by atoms with Crippen LogP contribution < -0.4 is 0 Å². The van der Waals surface area contributed by atoms with Crippen LogP contribution in [0.3, 0.4) is 0 Å². The van der Waals surface area contributed by atoms with E-state index in [1.807, 2.05) is 12.1 Å². The monoisotopic (exact) mass is 202 g/mol. The molecule has 2 atom stereocenters. The lowest BCUT2D eigenvalue weighted by Gasteiger charge is -1.89. The number of halogens is 1. The fourth-order valence-electron chi connectivity index (χ4n) is 1.31. The summed E-state index contributed by atoms with van der Waals surface area (Å²) in [5.41, 5.74) is 0. The Bertz CT molecular complexity index is 321. The molecule has 4 heteroatoms. The molecule has 1 saturated carbocycles. The molecule has 0 spiro atoms. The molecule has 1 aromatic rings. The summed E-state index contributed by atoms with van der Waals surface area (Å²) in [5, 5.41) is 8.66. The second-order valence-corrected chi connectivity index (χ2v) is 4.68. The number of hydrogen-bond acceptors (Lipinski definition) is 2. The summed E-state index contributed by atoms with van der Waals surface area (Å²) in [6.07, 6.45) is 0.770. The molecule has 1 fully saturated rings. The van der Waals surface area contributed by atoms with Crippen LogP contribution in [0.25, 0.3) is 0 Å². The van der Waals surface area contributed by atoms with Crippen molar-refractivity contribution in [1.82, 2.24) is 0 Å². The largest absolute Gasteiger partial charge is 0.481 e. The summed E-state index contributed by atoms with van der Waals surface area (Å²) in [5.74, 6) is -0.635. The first-order valence-corrected chi connectivity index (χ1v) is 4.86. The predicted molar refractivity (Wildman–Crippen MR) is 47.8 cm³/mol. The van der Waals surface area contributed by atoms with Crippen molar-refractivity contribution in [1.29, 1.82) is 0 Å². The number of rotatable bonds is 2. The number of thiophene rings is 1. The van der Waals surface area contributed by atoms with Gasteiger partial charge in [-0.25, -0.2) is 0 Å². The summed E-state index contributed by atoms with van der Waals surface area (Å²) < 4.78 is 0.737. The zero-order valence-corrected chi connectivity index (χ0v) is 7.73. The van der Waals surface area contributed by atoms with Gasteiger partial charge in [-0.15, -0.1) is 11.3 Å². The Morgan fingerprint density at radius 3 is 2.83 bits per heavy atom. The first-order valence-electron chi connectivity index (χ1n) is 3.66. The first-order chi connectivity index (χ1) is 5.68. The summed E-state index contributed by atoms with van der Waals surface area (Å²) in [6.45, 7) is 0. The van der Waals surface area contributed by atoms with Crippen LogP contribution in [0.15, 0.2) is 12.1 Å². The quantitative estimate of drug-likeness (QED) is 0.801. The van der Waals surface area contributed by atoms with Crippen molar-refractivity contribution in [3.05, 3.63) is 21.3 Å². The molecule has 0 radical (unpaired) electrons. The summed E-state index contributed by atoms with van der Waals surface area (Å²) in [7, 11) is 0. The molecule has 1 aliphatic carbocycles. The van der Waals surface area contributed by atoms with E-state index in [1.165, 1.54) is 11.3 Å². The van der Waals surface area contributed by atoms with Gasteiger partial charge in [-0.3, -0.25) is 4.79 Å². The van der Waals surface area contributed by atoms with E-state index in [9.17, 15) is 4.79 Å². The van der Waals surface area contributed by atoms with Gasteiger partial charge in [0.05, 0.1) is 10.3 Å². The number of carbonyl (C=O) groups is 1. The fraction of sp³-hybridized carbons (Fsp3) is 0.375. The molecule has 1 heterocycles. The van der Waals surface area contributed by atoms with Crippen LogP contribution in [0.5, 0.6) is 0 Å². The maximum absolute atomic E-state index is 10.5. The van der Waals surface area contributed by atoms with E-state index >= 15 is 0 Å². The van der Waals surface area contributed by atoms with Gasteiger partial charge in [-0.2, -0.15) is 0 Å². The third kappa shape index (κ3) is 1.34. The second-order valence-electron chi connectivity index (χ2n) is 2.93. The topological polar surface area (TPSA) is 37.3 Å². The van der Waals surface area contributed by atoms with Crippen molar-refractivity contribution >= 4 is 28.9 Å². The molecular formula is C8H7ClO2S. The number of carboxylic acids is 1. The van der Waals surface area contributed by atoms with Crippen molar-refractivity contribution < 1.29 is 9.90 Å². The minimum atomic E-state index is -0.690. The molecule has 1 N–H and O–H groups in total. The lowest BCUT2D eigenvalue weighted by Crippen LogP contribution is -1.97. The van der Waals surface area contributed by atoms with Gasteiger partial charge in [0.2, 0.25) is 0 Å². The Labute approximate surface area is 78.8 Å². The molecule has 0 bridgehead atoms. The molecule has 0 saturated heterocycles. The molecule has 2 rings (SSSR count). The fourth-order valence-corrected chi connectivity index (χ4v) is 2.55. The van der Waals surface area contributed by atoms with E-state index in [2.05, 4.69) is 0 Å². The summed E-state index contributed by atoms with van der Waals surface area (Å²) in [4.78, 5) is 11.6. The third-order valence-electron chi connectivity index (χ3n) is 2.07. The average molecular weight is 203 g/mol. The van der Waals surface area contributed by atoms with Gasteiger partial charge in [0.1, 0.15) is 0 Å². The highest BCUT2D eigenvalue weighted by atomic mass is 35.5. The number of carboxylic acid groups (broad SMARTS) is 1. The van der Waals surface area contributed by atoms with Crippen molar-refractivity contribution in [2.75, 3.05) is 0 Å². The van der Waals surface area contributed by atoms with Crippen molar-refractivity contribution in [3.8, 4) is 0 Å². The SMILES string of the molecule is O=C(O)C1CC1c1ccc(Cl)s1. The maximum atomic E-state index is 10.5. The molecular weight excluding hydrogens is 196 g/mol. The Balaban J connectivity index is 2.10. The summed E-state index contributed by atoms with van der Waals surface area (Å²) >= 11 is 7.21. The highest BCUT2D eigenvalue weighted by Crippen LogP contribution is 2.50. The Morgan fingerprint density at radius 2 is 2.42 bits per heavy atom. The van der Waals surface area contributed by atoms with E-state index in [1.54, 1.807) is 0 Å². The van der Waals surface area contributed by atoms with Crippen LogP contribution in [0.2, 0.25) is 4.34 Å². The highest BCUT2D eigenvalue weighted by Gasteiger charge is 2.44. The van der Waals surface area contributed by atoms with Crippen molar-refractivity contribution in [2.24, 2.45) is 5.92 Å². The van der Waals surface area contributed by atoms with Crippen molar-refractivity contribution in [3.63, 3.8) is 0 Å². The highest BCUT2D eigenvalue weighted by molar-refractivity contribution is 7.16. The second kappa shape index (κ2) is 2.75. The zero-order chi connectivity index (χ0) is 8.72.